The normalized spacial score (nSPS) is 11.7. The Morgan fingerprint density at radius 1 is 1.30 bits per heavy atom. The third-order valence-electron chi connectivity index (χ3n) is 2.60. The van der Waals surface area contributed by atoms with Gasteiger partial charge in [0.05, 0.1) is 12.8 Å². The second kappa shape index (κ2) is 7.47. The van der Waals surface area contributed by atoms with Gasteiger partial charge in [0.2, 0.25) is 0 Å². The molecule has 0 aliphatic heterocycles. The van der Waals surface area contributed by atoms with Gasteiger partial charge in [-0.05, 0) is 51.1 Å². The Hall–Kier alpha value is -1.31. The maximum absolute atomic E-state index is 12.3. The molecule has 0 spiro atoms. The molecular formula is C13H23N3O3S. The lowest BCUT2D eigenvalue weighted by Gasteiger charge is -2.25. The number of rotatable bonds is 8. The first-order valence-corrected chi connectivity index (χ1v) is 7.99. The molecule has 20 heavy (non-hydrogen) atoms. The third-order valence-corrected chi connectivity index (χ3v) is 4.34. The van der Waals surface area contributed by atoms with E-state index in [0.29, 0.717) is 30.9 Å². The van der Waals surface area contributed by atoms with Gasteiger partial charge in [0.1, 0.15) is 5.75 Å². The fraction of sp³-hybridized carbons (Fsp3) is 0.538. The topological polar surface area (TPSA) is 84.7 Å². The highest BCUT2D eigenvalue weighted by molar-refractivity contribution is 7.90. The minimum atomic E-state index is -3.58. The van der Waals surface area contributed by atoms with Gasteiger partial charge in [0.15, 0.2) is 0 Å². The number of nitrogens with zero attached hydrogens (tertiary/aromatic N) is 1. The Balaban J connectivity index is 3.04. The van der Waals surface area contributed by atoms with E-state index in [0.717, 1.165) is 0 Å². The maximum Gasteiger partial charge on any atom is 0.301 e. The minimum absolute atomic E-state index is 0.168. The fourth-order valence-corrected chi connectivity index (χ4v) is 3.22. The van der Waals surface area contributed by atoms with Crippen LogP contribution in [-0.4, -0.2) is 34.7 Å². The summed E-state index contributed by atoms with van der Waals surface area (Å²) in [4.78, 5) is 0. The van der Waals surface area contributed by atoms with Crippen molar-refractivity contribution in [2.45, 2.75) is 26.3 Å². The Morgan fingerprint density at radius 3 is 2.35 bits per heavy atom. The van der Waals surface area contributed by atoms with Crippen LogP contribution >= 0.6 is 0 Å². The summed E-state index contributed by atoms with van der Waals surface area (Å²) in [6, 6.07) is 6.73. The summed E-state index contributed by atoms with van der Waals surface area (Å²) in [6.07, 6.45) is 0.588. The Morgan fingerprint density at radius 2 is 1.90 bits per heavy atom. The van der Waals surface area contributed by atoms with Crippen molar-refractivity contribution >= 4 is 15.9 Å². The monoisotopic (exact) mass is 301 g/mol. The first-order valence-electron chi connectivity index (χ1n) is 6.55. The number of benzene rings is 1. The van der Waals surface area contributed by atoms with E-state index in [9.17, 15) is 8.42 Å². The molecule has 0 radical (unpaired) electrons. The average molecular weight is 301 g/mol. The second-order valence-electron chi connectivity index (χ2n) is 4.69. The van der Waals surface area contributed by atoms with Crippen LogP contribution in [0.25, 0.3) is 0 Å². The molecule has 0 heterocycles. The van der Waals surface area contributed by atoms with Crippen LogP contribution in [0.1, 0.15) is 20.3 Å². The number of nitrogens with two attached hydrogens (primary N) is 1. The van der Waals surface area contributed by atoms with Crippen molar-refractivity contribution in [3.05, 3.63) is 24.3 Å². The quantitative estimate of drug-likeness (QED) is 0.753. The molecule has 0 atom stereocenters. The summed E-state index contributed by atoms with van der Waals surface area (Å²) in [6.45, 7) is 4.34. The van der Waals surface area contributed by atoms with E-state index >= 15 is 0 Å². The van der Waals surface area contributed by atoms with E-state index in [2.05, 4.69) is 4.72 Å². The smallest absolute Gasteiger partial charge is 0.301 e. The molecular weight excluding hydrogens is 278 g/mol. The Kier molecular flexibility index (Phi) is 6.25. The summed E-state index contributed by atoms with van der Waals surface area (Å²) in [5.74, 6) is 0.682. The predicted octanol–water partition coefficient (Wildman–Crippen LogP) is 1.09. The largest absolute Gasteiger partial charge is 0.497 e. The molecule has 0 aliphatic carbocycles. The molecule has 0 aliphatic rings. The molecule has 6 nitrogen and oxygen atoms in total. The first-order chi connectivity index (χ1) is 9.40. The van der Waals surface area contributed by atoms with Crippen molar-refractivity contribution in [2.24, 2.45) is 5.73 Å². The van der Waals surface area contributed by atoms with Crippen LogP contribution in [0.15, 0.2) is 24.3 Å². The van der Waals surface area contributed by atoms with Crippen molar-refractivity contribution in [3.8, 4) is 5.75 Å². The Bertz CT molecular complexity index is 500. The van der Waals surface area contributed by atoms with Gasteiger partial charge in [-0.1, -0.05) is 0 Å². The number of nitrogens with one attached hydrogen (secondary N) is 1. The van der Waals surface area contributed by atoms with Crippen LogP contribution in [-0.2, 0) is 10.2 Å². The van der Waals surface area contributed by atoms with Crippen LogP contribution in [0.4, 0.5) is 5.69 Å². The van der Waals surface area contributed by atoms with Gasteiger partial charge in [-0.3, -0.25) is 4.31 Å². The molecule has 1 aromatic carbocycles. The maximum atomic E-state index is 12.3. The van der Waals surface area contributed by atoms with Gasteiger partial charge in [-0.15, -0.1) is 0 Å². The molecule has 0 saturated heterocycles. The van der Waals surface area contributed by atoms with Crippen LogP contribution in [0.5, 0.6) is 5.75 Å². The number of anilines is 1. The average Bonchev–Trinajstić information content (AvgIpc) is 2.38. The summed E-state index contributed by atoms with van der Waals surface area (Å²) in [5.41, 5.74) is 6.07. The van der Waals surface area contributed by atoms with E-state index in [1.807, 2.05) is 0 Å². The molecule has 0 aromatic heterocycles. The first kappa shape index (κ1) is 16.7. The van der Waals surface area contributed by atoms with Crippen molar-refractivity contribution in [1.82, 2.24) is 4.72 Å². The van der Waals surface area contributed by atoms with E-state index in [1.165, 1.54) is 4.31 Å². The van der Waals surface area contributed by atoms with Gasteiger partial charge in [-0.2, -0.15) is 13.1 Å². The molecule has 1 rings (SSSR count). The minimum Gasteiger partial charge on any atom is -0.497 e. The summed E-state index contributed by atoms with van der Waals surface area (Å²) in [5, 5.41) is 0. The summed E-state index contributed by atoms with van der Waals surface area (Å²) < 4.78 is 33.7. The molecule has 0 unspecified atom stereocenters. The zero-order valence-electron chi connectivity index (χ0n) is 12.2. The van der Waals surface area contributed by atoms with Crippen molar-refractivity contribution in [3.63, 3.8) is 0 Å². The highest BCUT2D eigenvalue weighted by atomic mass is 32.2. The van der Waals surface area contributed by atoms with Crippen LogP contribution in [0.2, 0.25) is 0 Å². The van der Waals surface area contributed by atoms with E-state index in [1.54, 1.807) is 45.2 Å². The lowest BCUT2D eigenvalue weighted by molar-refractivity contribution is 0.415. The van der Waals surface area contributed by atoms with Crippen molar-refractivity contribution in [1.29, 1.82) is 0 Å². The van der Waals surface area contributed by atoms with Crippen molar-refractivity contribution in [2.75, 3.05) is 24.5 Å². The number of hydrogen-bond donors (Lipinski definition) is 2. The summed E-state index contributed by atoms with van der Waals surface area (Å²) >= 11 is 0. The van der Waals surface area contributed by atoms with Gasteiger partial charge in [0, 0.05) is 12.6 Å². The number of hydrogen-bond acceptors (Lipinski definition) is 4. The molecule has 3 N–H and O–H groups in total. The summed E-state index contributed by atoms with van der Waals surface area (Å²) in [7, 11) is -2.01. The van der Waals surface area contributed by atoms with Crippen LogP contribution in [0, 0.1) is 0 Å². The van der Waals surface area contributed by atoms with Crippen LogP contribution < -0.4 is 19.5 Å². The molecule has 114 valence electrons. The zero-order valence-corrected chi connectivity index (χ0v) is 13.0. The molecule has 0 fully saturated rings. The van der Waals surface area contributed by atoms with Crippen LogP contribution in [0.3, 0.4) is 0 Å². The highest BCUT2D eigenvalue weighted by Gasteiger charge is 2.22. The third kappa shape index (κ3) is 4.66. The SMILES string of the molecule is COc1ccc(N(CCCN)S(=O)(=O)NC(C)C)cc1. The molecule has 0 saturated carbocycles. The van der Waals surface area contributed by atoms with E-state index < -0.39 is 10.2 Å². The van der Waals surface area contributed by atoms with Gasteiger partial charge >= 0.3 is 10.2 Å². The molecule has 0 bridgehead atoms. The van der Waals surface area contributed by atoms with E-state index in [-0.39, 0.29) is 6.04 Å². The lowest BCUT2D eigenvalue weighted by Crippen LogP contribution is -2.44. The second-order valence-corrected chi connectivity index (χ2v) is 6.32. The molecule has 1 aromatic rings. The number of methoxy groups -OCH3 is 1. The van der Waals surface area contributed by atoms with Gasteiger partial charge < -0.3 is 10.5 Å². The fourth-order valence-electron chi connectivity index (χ4n) is 1.73. The Labute approximate surface area is 121 Å². The predicted molar refractivity (Wildman–Crippen MR) is 81.2 cm³/mol. The highest BCUT2D eigenvalue weighted by Crippen LogP contribution is 2.21. The molecule has 0 amide bonds. The molecule has 7 heteroatoms. The zero-order chi connectivity index (χ0) is 15.2. The number of ether oxygens (including phenoxy) is 1. The van der Waals surface area contributed by atoms with Gasteiger partial charge in [-0.25, -0.2) is 0 Å². The standard InChI is InChI=1S/C13H23N3O3S/c1-11(2)15-20(17,18)16(10-4-9-14)12-5-7-13(19-3)8-6-12/h5-8,11,15H,4,9-10,14H2,1-3H3. The van der Waals surface area contributed by atoms with E-state index in [4.69, 9.17) is 10.5 Å². The van der Waals surface area contributed by atoms with Crippen molar-refractivity contribution < 1.29 is 13.2 Å². The van der Waals surface area contributed by atoms with Gasteiger partial charge in [0.25, 0.3) is 0 Å². The lowest BCUT2D eigenvalue weighted by atomic mass is 10.3.